The first-order valence-electron chi connectivity index (χ1n) is 9.30. The second-order valence-corrected chi connectivity index (χ2v) is 10.3. The van der Waals surface area contributed by atoms with Crippen LogP contribution in [0.1, 0.15) is 17.4 Å². The number of nitrogens with zero attached hydrogens (tertiary/aromatic N) is 1. The maximum Gasteiger partial charge on any atom is 0.330 e. The fourth-order valence-corrected chi connectivity index (χ4v) is 5.76. The normalized spacial score (nSPS) is 28.1. The van der Waals surface area contributed by atoms with Crippen LogP contribution in [0.15, 0.2) is 46.1 Å². The monoisotopic (exact) mass is 454 g/mol. The summed E-state index contributed by atoms with van der Waals surface area (Å²) in [5.74, 6) is 0.459. The van der Waals surface area contributed by atoms with E-state index in [0.717, 1.165) is 11.8 Å². The van der Waals surface area contributed by atoms with Crippen LogP contribution in [0.5, 0.6) is 0 Å². The van der Waals surface area contributed by atoms with Gasteiger partial charge in [0, 0.05) is 17.5 Å². The van der Waals surface area contributed by atoms with Gasteiger partial charge in [-0.2, -0.15) is 8.42 Å². The van der Waals surface area contributed by atoms with E-state index in [4.69, 9.17) is 13.7 Å². The number of aromatic amines is 1. The minimum Gasteiger partial charge on any atom is -0.369 e. The number of thioether (sulfide) groups is 1. The van der Waals surface area contributed by atoms with E-state index < -0.39 is 39.3 Å². The number of H-pyrrole nitrogens is 1. The van der Waals surface area contributed by atoms with Gasteiger partial charge in [-0.3, -0.25) is 18.5 Å². The van der Waals surface area contributed by atoms with Crippen molar-refractivity contribution < 1.29 is 22.1 Å². The van der Waals surface area contributed by atoms with Gasteiger partial charge in [0.2, 0.25) is 0 Å². The number of benzene rings is 1. The summed E-state index contributed by atoms with van der Waals surface area (Å²) in [5, 5.41) is -0.278. The van der Waals surface area contributed by atoms with Gasteiger partial charge in [-0.15, -0.1) is 11.8 Å². The Kier molecular flexibility index (Phi) is 5.66. The van der Waals surface area contributed by atoms with E-state index in [0.29, 0.717) is 17.9 Å². The molecular formula is C19H22N2O7S2. The molecule has 0 saturated carbocycles. The van der Waals surface area contributed by atoms with Gasteiger partial charge in [0.1, 0.15) is 11.7 Å². The Bertz CT molecular complexity index is 1150. The molecule has 0 spiro atoms. The lowest BCUT2D eigenvalue weighted by Crippen LogP contribution is -2.46. The summed E-state index contributed by atoms with van der Waals surface area (Å²) < 4.78 is 42.0. The molecule has 2 aromatic rings. The van der Waals surface area contributed by atoms with E-state index in [-0.39, 0.29) is 11.9 Å². The molecule has 0 radical (unpaired) electrons. The molecule has 4 atom stereocenters. The average Bonchev–Trinajstić information content (AvgIpc) is 3.20. The highest BCUT2D eigenvalue weighted by atomic mass is 32.2. The Morgan fingerprint density at radius 2 is 2.03 bits per heavy atom. The molecule has 2 fully saturated rings. The smallest absolute Gasteiger partial charge is 0.330 e. The highest BCUT2D eigenvalue weighted by Gasteiger charge is 2.63. The predicted octanol–water partition coefficient (Wildman–Crippen LogP) is 0.790. The molecule has 9 nitrogen and oxygen atoms in total. The molecule has 4 rings (SSSR count). The summed E-state index contributed by atoms with van der Waals surface area (Å²) in [6, 6.07) is 9.57. The van der Waals surface area contributed by atoms with Crippen molar-refractivity contribution in [3.63, 3.8) is 0 Å². The van der Waals surface area contributed by atoms with Crippen molar-refractivity contribution in [3.05, 3.63) is 68.5 Å². The predicted molar refractivity (Wildman–Crippen MR) is 111 cm³/mol. The number of nitrogens with one attached hydrogen (secondary N) is 1. The molecule has 0 aliphatic carbocycles. The first-order chi connectivity index (χ1) is 14.2. The highest BCUT2D eigenvalue weighted by molar-refractivity contribution is 8.00. The van der Waals surface area contributed by atoms with E-state index in [1.54, 1.807) is 6.92 Å². The maximum atomic E-state index is 12.4. The van der Waals surface area contributed by atoms with Gasteiger partial charge >= 0.3 is 5.69 Å². The molecule has 2 bridgehead atoms. The molecule has 3 heterocycles. The van der Waals surface area contributed by atoms with Crippen LogP contribution < -0.4 is 11.2 Å². The first-order valence-corrected chi connectivity index (χ1v) is 12.2. The van der Waals surface area contributed by atoms with Crippen LogP contribution in [0.4, 0.5) is 0 Å². The average molecular weight is 455 g/mol. The summed E-state index contributed by atoms with van der Waals surface area (Å²) in [5.41, 5.74) is -0.763. The Hall–Kier alpha value is -1.92. The van der Waals surface area contributed by atoms with E-state index >= 15 is 0 Å². The number of aryl methyl sites for hydroxylation is 1. The summed E-state index contributed by atoms with van der Waals surface area (Å²) in [4.78, 5) is 26.4. The molecule has 2 aliphatic rings. The Labute approximate surface area is 177 Å². The third-order valence-electron chi connectivity index (χ3n) is 5.18. The van der Waals surface area contributed by atoms with Crippen LogP contribution in [0, 0.1) is 6.92 Å². The number of fused-ring (bicyclic) bond motifs is 2. The SMILES string of the molecule is Cc1cn([C@@H]2O[C@@]3(COS(C)(=O)=O)CS[C@@H]2[C@@H]3OCc2ccccc2)c(=O)[nH]c1=O. The summed E-state index contributed by atoms with van der Waals surface area (Å²) in [6.07, 6.45) is 1.20. The molecule has 30 heavy (non-hydrogen) atoms. The van der Waals surface area contributed by atoms with E-state index in [1.165, 1.54) is 22.5 Å². The van der Waals surface area contributed by atoms with Crippen molar-refractivity contribution in [3.8, 4) is 0 Å². The van der Waals surface area contributed by atoms with Crippen LogP contribution in [-0.4, -0.2) is 53.5 Å². The van der Waals surface area contributed by atoms with Gasteiger partial charge < -0.3 is 9.47 Å². The molecule has 2 saturated heterocycles. The minimum atomic E-state index is -3.70. The highest BCUT2D eigenvalue weighted by Crippen LogP contribution is 2.53. The van der Waals surface area contributed by atoms with Gasteiger partial charge in [0.05, 0.1) is 24.7 Å². The van der Waals surface area contributed by atoms with Crippen LogP contribution in [0.3, 0.4) is 0 Å². The lowest BCUT2D eigenvalue weighted by molar-refractivity contribution is -0.124. The zero-order valence-electron chi connectivity index (χ0n) is 16.4. The molecular weight excluding hydrogens is 432 g/mol. The van der Waals surface area contributed by atoms with Gasteiger partial charge in [-0.1, -0.05) is 30.3 Å². The van der Waals surface area contributed by atoms with Crippen molar-refractivity contribution in [2.45, 2.75) is 36.7 Å². The number of ether oxygens (including phenoxy) is 2. The van der Waals surface area contributed by atoms with Crippen LogP contribution in [0.25, 0.3) is 0 Å². The molecule has 0 amide bonds. The molecule has 1 N–H and O–H groups in total. The Morgan fingerprint density at radius 1 is 1.30 bits per heavy atom. The second kappa shape index (κ2) is 7.97. The minimum absolute atomic E-state index is 0.220. The van der Waals surface area contributed by atoms with E-state index in [2.05, 4.69) is 4.98 Å². The lowest BCUT2D eigenvalue weighted by Gasteiger charge is -2.31. The van der Waals surface area contributed by atoms with Crippen molar-refractivity contribution in [2.75, 3.05) is 18.6 Å². The Morgan fingerprint density at radius 3 is 2.73 bits per heavy atom. The van der Waals surface area contributed by atoms with Crippen molar-refractivity contribution in [2.24, 2.45) is 0 Å². The molecule has 1 aromatic heterocycles. The largest absolute Gasteiger partial charge is 0.369 e. The standard InChI is InChI=1S/C19H22N2O7S2/c1-12-8-21(18(23)20-16(12)22)17-14-15(26-9-13-6-4-3-5-7-13)19(28-17,11-29-14)10-27-30(2,24)25/h3-8,14-15,17H,9-11H2,1-2H3,(H,20,22,23)/t14-,15+,17-,19+/m1/s1. The molecule has 2 aliphatic heterocycles. The summed E-state index contributed by atoms with van der Waals surface area (Å²) in [7, 11) is -3.70. The summed E-state index contributed by atoms with van der Waals surface area (Å²) >= 11 is 1.53. The van der Waals surface area contributed by atoms with Gasteiger partial charge in [-0.05, 0) is 12.5 Å². The number of rotatable bonds is 7. The van der Waals surface area contributed by atoms with Crippen molar-refractivity contribution in [1.82, 2.24) is 9.55 Å². The van der Waals surface area contributed by atoms with Gasteiger partial charge in [-0.25, -0.2) is 4.79 Å². The molecule has 1 aromatic carbocycles. The van der Waals surface area contributed by atoms with Gasteiger partial charge in [0.15, 0.2) is 6.23 Å². The number of hydrogen-bond donors (Lipinski definition) is 1. The third-order valence-corrected chi connectivity index (χ3v) is 7.25. The first kappa shape index (κ1) is 21.3. The Balaban J connectivity index is 1.65. The lowest BCUT2D eigenvalue weighted by atomic mass is 10.00. The van der Waals surface area contributed by atoms with Crippen molar-refractivity contribution >= 4 is 21.9 Å². The third kappa shape index (κ3) is 4.12. The fraction of sp³-hybridized carbons (Fsp3) is 0.474. The maximum absolute atomic E-state index is 12.4. The molecule has 162 valence electrons. The van der Waals surface area contributed by atoms with Crippen LogP contribution >= 0.6 is 11.8 Å². The van der Waals surface area contributed by atoms with Gasteiger partial charge in [0.25, 0.3) is 15.7 Å². The summed E-state index contributed by atoms with van der Waals surface area (Å²) in [6.45, 7) is 1.68. The van der Waals surface area contributed by atoms with E-state index in [1.807, 2.05) is 30.3 Å². The zero-order valence-corrected chi connectivity index (χ0v) is 18.1. The zero-order chi connectivity index (χ0) is 21.5. The fourth-order valence-electron chi connectivity index (χ4n) is 3.71. The van der Waals surface area contributed by atoms with Crippen LogP contribution in [-0.2, 0) is 30.4 Å². The topological polar surface area (TPSA) is 117 Å². The molecule has 11 heteroatoms. The number of aromatic nitrogens is 2. The van der Waals surface area contributed by atoms with Crippen molar-refractivity contribution in [1.29, 1.82) is 0 Å². The van der Waals surface area contributed by atoms with E-state index in [9.17, 15) is 18.0 Å². The molecule has 0 unspecified atom stereocenters. The number of hydrogen-bond acceptors (Lipinski definition) is 8. The van der Waals surface area contributed by atoms with Crippen LogP contribution in [0.2, 0.25) is 0 Å². The quantitative estimate of drug-likeness (QED) is 0.611. The second-order valence-electron chi connectivity index (χ2n) is 7.51.